The number of benzene rings is 1. The summed E-state index contributed by atoms with van der Waals surface area (Å²) in [6, 6.07) is 4.51. The van der Waals surface area contributed by atoms with E-state index < -0.39 is 12.3 Å². The Balaban J connectivity index is 3.14. The summed E-state index contributed by atoms with van der Waals surface area (Å²) in [6.45, 7) is 3.28. The molecule has 78 valence electrons. The average molecular weight is 204 g/mol. The molecule has 0 bridgehead atoms. The van der Waals surface area contributed by atoms with Gasteiger partial charge in [-0.1, -0.05) is 18.2 Å². The van der Waals surface area contributed by atoms with E-state index in [9.17, 15) is 13.2 Å². The van der Waals surface area contributed by atoms with Gasteiger partial charge in [0.15, 0.2) is 6.10 Å². The topological polar surface area (TPSA) is 20.2 Å². The van der Waals surface area contributed by atoms with Gasteiger partial charge >= 0.3 is 6.18 Å². The Bertz CT molecular complexity index is 331. The molecule has 0 amide bonds. The predicted molar refractivity (Wildman–Crippen MR) is 46.9 cm³/mol. The van der Waals surface area contributed by atoms with Gasteiger partial charge in [0.25, 0.3) is 0 Å². The van der Waals surface area contributed by atoms with Gasteiger partial charge in [-0.2, -0.15) is 13.2 Å². The highest BCUT2D eigenvalue weighted by atomic mass is 19.4. The number of aliphatic hydroxyl groups excluding tert-OH is 1. The Hall–Kier alpha value is -1.03. The molecule has 4 heteroatoms. The van der Waals surface area contributed by atoms with E-state index in [-0.39, 0.29) is 5.56 Å². The molecule has 0 aliphatic heterocycles. The van der Waals surface area contributed by atoms with Gasteiger partial charge in [0, 0.05) is 0 Å². The second-order valence-corrected chi connectivity index (χ2v) is 3.23. The third-order valence-corrected chi connectivity index (χ3v) is 2.25. The van der Waals surface area contributed by atoms with Gasteiger partial charge in [-0.15, -0.1) is 0 Å². The molecule has 14 heavy (non-hydrogen) atoms. The summed E-state index contributed by atoms with van der Waals surface area (Å²) in [5, 5.41) is 9.04. The lowest BCUT2D eigenvalue weighted by Crippen LogP contribution is -2.21. The lowest BCUT2D eigenvalue weighted by molar-refractivity contribution is -0.206. The van der Waals surface area contributed by atoms with Gasteiger partial charge in [0.1, 0.15) is 0 Å². The summed E-state index contributed by atoms with van der Waals surface area (Å²) in [5.74, 6) is 0. The van der Waals surface area contributed by atoms with Crippen LogP contribution in [0.5, 0.6) is 0 Å². The first-order valence-corrected chi connectivity index (χ1v) is 4.15. The molecular weight excluding hydrogens is 193 g/mol. The zero-order valence-corrected chi connectivity index (χ0v) is 7.89. The maximum Gasteiger partial charge on any atom is 0.418 e. The van der Waals surface area contributed by atoms with Crippen LogP contribution in [0.2, 0.25) is 0 Å². The van der Waals surface area contributed by atoms with E-state index in [1.54, 1.807) is 19.9 Å². The van der Waals surface area contributed by atoms with Crippen LogP contribution in [0.1, 0.15) is 22.8 Å². The average Bonchev–Trinajstić information content (AvgIpc) is 2.07. The minimum absolute atomic E-state index is 0.0718. The molecule has 1 N–H and O–H groups in total. The monoisotopic (exact) mass is 204 g/mol. The van der Waals surface area contributed by atoms with Crippen molar-refractivity contribution in [1.29, 1.82) is 0 Å². The minimum Gasteiger partial charge on any atom is -0.379 e. The van der Waals surface area contributed by atoms with Crippen molar-refractivity contribution in [3.8, 4) is 0 Å². The lowest BCUT2D eigenvalue weighted by atomic mass is 9.99. The molecule has 0 aromatic heterocycles. The number of halogens is 3. The van der Waals surface area contributed by atoms with E-state index >= 15 is 0 Å². The van der Waals surface area contributed by atoms with Crippen molar-refractivity contribution in [2.75, 3.05) is 0 Å². The molecule has 0 unspecified atom stereocenters. The van der Waals surface area contributed by atoms with Crippen LogP contribution in [0.4, 0.5) is 13.2 Å². The van der Waals surface area contributed by atoms with Gasteiger partial charge in [-0.3, -0.25) is 0 Å². The fourth-order valence-corrected chi connectivity index (χ4v) is 1.25. The van der Waals surface area contributed by atoms with Crippen LogP contribution < -0.4 is 0 Å². The number of rotatable bonds is 1. The number of aliphatic hydroxyl groups is 1. The van der Waals surface area contributed by atoms with E-state index in [1.165, 1.54) is 12.1 Å². The van der Waals surface area contributed by atoms with Crippen LogP contribution in [0.25, 0.3) is 0 Å². The fraction of sp³-hybridized carbons (Fsp3) is 0.400. The quantitative estimate of drug-likeness (QED) is 0.745. The van der Waals surface area contributed by atoms with Gasteiger partial charge in [-0.25, -0.2) is 0 Å². The molecule has 0 saturated carbocycles. The molecule has 0 fully saturated rings. The minimum atomic E-state index is -4.60. The Morgan fingerprint density at radius 2 is 1.79 bits per heavy atom. The first kappa shape index (κ1) is 11.0. The van der Waals surface area contributed by atoms with E-state index in [0.717, 1.165) is 5.56 Å². The SMILES string of the molecule is Cc1cccc([C@H](O)C(F)(F)F)c1C. The van der Waals surface area contributed by atoms with Crippen molar-refractivity contribution in [2.45, 2.75) is 26.1 Å². The van der Waals surface area contributed by atoms with Gasteiger partial charge < -0.3 is 5.11 Å². The zero-order valence-electron chi connectivity index (χ0n) is 7.89. The van der Waals surface area contributed by atoms with Gasteiger partial charge in [0.2, 0.25) is 0 Å². The van der Waals surface area contributed by atoms with Gasteiger partial charge in [-0.05, 0) is 30.5 Å². The lowest BCUT2D eigenvalue weighted by Gasteiger charge is -2.17. The molecule has 1 nitrogen and oxygen atoms in total. The van der Waals surface area contributed by atoms with Crippen LogP contribution >= 0.6 is 0 Å². The number of aryl methyl sites for hydroxylation is 1. The smallest absolute Gasteiger partial charge is 0.379 e. The molecule has 1 aromatic carbocycles. The Morgan fingerprint density at radius 3 is 2.29 bits per heavy atom. The molecule has 1 aromatic rings. The summed E-state index contributed by atoms with van der Waals surface area (Å²) < 4.78 is 36.6. The number of alkyl halides is 3. The molecular formula is C10H11F3O. The standard InChI is InChI=1S/C10H11F3O/c1-6-4-3-5-8(7(6)2)9(14)10(11,12)13/h3-5,9,14H,1-2H3/t9-/m0/s1. The Labute approximate surface area is 80.2 Å². The van der Waals surface area contributed by atoms with Crippen LogP contribution in [0, 0.1) is 13.8 Å². The van der Waals surface area contributed by atoms with Crippen molar-refractivity contribution in [3.05, 3.63) is 34.9 Å². The molecule has 0 radical (unpaired) electrons. The molecule has 0 heterocycles. The number of hydrogen-bond donors (Lipinski definition) is 1. The van der Waals surface area contributed by atoms with Crippen LogP contribution in [-0.4, -0.2) is 11.3 Å². The third kappa shape index (κ3) is 2.07. The second-order valence-electron chi connectivity index (χ2n) is 3.23. The maximum atomic E-state index is 12.2. The predicted octanol–water partition coefficient (Wildman–Crippen LogP) is 2.90. The molecule has 0 spiro atoms. The van der Waals surface area contributed by atoms with E-state index in [2.05, 4.69) is 0 Å². The molecule has 1 atom stereocenters. The van der Waals surface area contributed by atoms with Crippen LogP contribution in [0.15, 0.2) is 18.2 Å². The highest BCUT2D eigenvalue weighted by Gasteiger charge is 2.40. The first-order chi connectivity index (χ1) is 6.34. The van der Waals surface area contributed by atoms with E-state index in [0.29, 0.717) is 5.56 Å². The van der Waals surface area contributed by atoms with Crippen molar-refractivity contribution >= 4 is 0 Å². The fourth-order valence-electron chi connectivity index (χ4n) is 1.25. The van der Waals surface area contributed by atoms with E-state index in [4.69, 9.17) is 5.11 Å². The molecule has 0 aliphatic rings. The van der Waals surface area contributed by atoms with Gasteiger partial charge in [0.05, 0.1) is 0 Å². The molecule has 0 aliphatic carbocycles. The van der Waals surface area contributed by atoms with Crippen LogP contribution in [-0.2, 0) is 0 Å². The summed E-state index contributed by atoms with van der Waals surface area (Å²) in [6.07, 6.45) is -6.99. The first-order valence-electron chi connectivity index (χ1n) is 4.15. The summed E-state index contributed by atoms with van der Waals surface area (Å²) >= 11 is 0. The van der Waals surface area contributed by atoms with E-state index in [1.807, 2.05) is 0 Å². The zero-order chi connectivity index (χ0) is 10.9. The summed E-state index contributed by atoms with van der Waals surface area (Å²) in [4.78, 5) is 0. The van der Waals surface area contributed by atoms with Crippen molar-refractivity contribution in [1.82, 2.24) is 0 Å². The third-order valence-electron chi connectivity index (χ3n) is 2.25. The van der Waals surface area contributed by atoms with Crippen LogP contribution in [0.3, 0.4) is 0 Å². The second kappa shape index (κ2) is 3.61. The Morgan fingerprint density at radius 1 is 1.21 bits per heavy atom. The van der Waals surface area contributed by atoms with Crippen molar-refractivity contribution < 1.29 is 18.3 Å². The summed E-state index contributed by atoms with van der Waals surface area (Å²) in [5.41, 5.74) is 1.15. The largest absolute Gasteiger partial charge is 0.418 e. The number of hydrogen-bond acceptors (Lipinski definition) is 1. The normalized spacial score (nSPS) is 14.1. The summed E-state index contributed by atoms with van der Waals surface area (Å²) in [7, 11) is 0. The maximum absolute atomic E-state index is 12.2. The van der Waals surface area contributed by atoms with Crippen molar-refractivity contribution in [2.24, 2.45) is 0 Å². The molecule has 0 saturated heterocycles. The molecule has 1 rings (SSSR count). The highest BCUT2D eigenvalue weighted by molar-refractivity contribution is 5.35. The Kier molecular flexibility index (Phi) is 2.85. The van der Waals surface area contributed by atoms with Crippen molar-refractivity contribution in [3.63, 3.8) is 0 Å². The highest BCUT2D eigenvalue weighted by Crippen LogP contribution is 2.34.